The van der Waals surface area contributed by atoms with E-state index in [-0.39, 0.29) is 23.4 Å². The van der Waals surface area contributed by atoms with Gasteiger partial charge < -0.3 is 10.8 Å². The zero-order valence-corrected chi connectivity index (χ0v) is 10.0. The molecular formula is C11H22ClNO. The van der Waals surface area contributed by atoms with E-state index in [1.165, 1.54) is 0 Å². The number of aliphatic hydroxyl groups is 1. The third-order valence-electron chi connectivity index (χ3n) is 3.58. The molecule has 0 aromatic rings. The van der Waals surface area contributed by atoms with Crippen LogP contribution in [0.2, 0.25) is 0 Å². The average molecular weight is 220 g/mol. The molecule has 0 aromatic heterocycles. The SMILES string of the molecule is CC(N)CC1C(Cl)CC(C)C(C)C1O. The van der Waals surface area contributed by atoms with Crippen LogP contribution in [0, 0.1) is 17.8 Å². The fourth-order valence-corrected chi connectivity index (χ4v) is 2.93. The largest absolute Gasteiger partial charge is 0.392 e. The molecule has 0 radical (unpaired) electrons. The van der Waals surface area contributed by atoms with Crippen LogP contribution in [-0.2, 0) is 0 Å². The number of alkyl halides is 1. The van der Waals surface area contributed by atoms with Crippen LogP contribution < -0.4 is 5.73 Å². The molecule has 0 bridgehead atoms. The Morgan fingerprint density at radius 3 is 2.57 bits per heavy atom. The molecule has 2 nitrogen and oxygen atoms in total. The van der Waals surface area contributed by atoms with Gasteiger partial charge in [-0.2, -0.15) is 0 Å². The minimum absolute atomic E-state index is 0.0854. The molecule has 3 heteroatoms. The standard InChI is InChI=1S/C11H22ClNO/c1-6-4-10(12)9(5-7(2)13)11(14)8(6)3/h6-11,14H,4-5,13H2,1-3H3. The van der Waals surface area contributed by atoms with Crippen molar-refractivity contribution in [3.05, 3.63) is 0 Å². The molecule has 1 rings (SSSR count). The highest BCUT2D eigenvalue weighted by molar-refractivity contribution is 6.20. The Kier molecular flexibility index (Phi) is 4.23. The Balaban J connectivity index is 2.64. The smallest absolute Gasteiger partial charge is 0.0611 e. The van der Waals surface area contributed by atoms with Crippen molar-refractivity contribution >= 4 is 11.6 Å². The number of rotatable bonds is 2. The second kappa shape index (κ2) is 4.82. The highest BCUT2D eigenvalue weighted by Gasteiger charge is 2.39. The topological polar surface area (TPSA) is 46.2 Å². The van der Waals surface area contributed by atoms with Crippen LogP contribution in [-0.4, -0.2) is 22.6 Å². The molecule has 0 aliphatic heterocycles. The summed E-state index contributed by atoms with van der Waals surface area (Å²) in [7, 11) is 0. The molecule has 0 amide bonds. The fraction of sp³-hybridized carbons (Fsp3) is 1.00. The van der Waals surface area contributed by atoms with Gasteiger partial charge in [0.2, 0.25) is 0 Å². The van der Waals surface area contributed by atoms with E-state index in [9.17, 15) is 5.11 Å². The Bertz CT molecular complexity index is 186. The van der Waals surface area contributed by atoms with E-state index in [1.807, 2.05) is 6.92 Å². The Morgan fingerprint density at radius 2 is 2.07 bits per heavy atom. The van der Waals surface area contributed by atoms with Crippen LogP contribution in [0.3, 0.4) is 0 Å². The van der Waals surface area contributed by atoms with Crippen LogP contribution in [0.4, 0.5) is 0 Å². The molecular weight excluding hydrogens is 198 g/mol. The maximum absolute atomic E-state index is 10.1. The van der Waals surface area contributed by atoms with Crippen molar-refractivity contribution in [3.63, 3.8) is 0 Å². The van der Waals surface area contributed by atoms with Gasteiger partial charge in [0, 0.05) is 17.3 Å². The summed E-state index contributed by atoms with van der Waals surface area (Å²) in [6.07, 6.45) is 1.54. The Morgan fingerprint density at radius 1 is 1.50 bits per heavy atom. The molecule has 1 aliphatic rings. The van der Waals surface area contributed by atoms with Gasteiger partial charge in [-0.25, -0.2) is 0 Å². The highest BCUT2D eigenvalue weighted by Crippen LogP contribution is 2.38. The van der Waals surface area contributed by atoms with Crippen LogP contribution in [0.5, 0.6) is 0 Å². The lowest BCUT2D eigenvalue weighted by atomic mass is 9.71. The van der Waals surface area contributed by atoms with Crippen LogP contribution >= 0.6 is 11.6 Å². The van der Waals surface area contributed by atoms with Crippen LogP contribution in [0.15, 0.2) is 0 Å². The molecule has 1 fully saturated rings. The van der Waals surface area contributed by atoms with Gasteiger partial charge in [-0.05, 0) is 31.6 Å². The number of hydrogen-bond acceptors (Lipinski definition) is 2. The third-order valence-corrected chi connectivity index (χ3v) is 4.08. The first-order valence-corrected chi connectivity index (χ1v) is 5.94. The maximum atomic E-state index is 10.1. The van der Waals surface area contributed by atoms with Gasteiger partial charge in [0.15, 0.2) is 0 Å². The van der Waals surface area contributed by atoms with E-state index < -0.39 is 0 Å². The Labute approximate surface area is 91.8 Å². The van der Waals surface area contributed by atoms with Crippen molar-refractivity contribution < 1.29 is 5.11 Å². The molecule has 0 aromatic carbocycles. The van der Waals surface area contributed by atoms with E-state index in [0.717, 1.165) is 12.8 Å². The summed E-state index contributed by atoms with van der Waals surface area (Å²) in [5.41, 5.74) is 5.76. The number of halogens is 1. The summed E-state index contributed by atoms with van der Waals surface area (Å²) in [5, 5.41) is 10.2. The van der Waals surface area contributed by atoms with Gasteiger partial charge in [0.25, 0.3) is 0 Å². The monoisotopic (exact) mass is 219 g/mol. The quantitative estimate of drug-likeness (QED) is 0.698. The average Bonchev–Trinajstić information content (AvgIpc) is 2.09. The van der Waals surface area contributed by atoms with E-state index in [4.69, 9.17) is 17.3 Å². The molecule has 1 saturated carbocycles. The van der Waals surface area contributed by atoms with E-state index in [2.05, 4.69) is 13.8 Å². The normalized spacial score (nSPS) is 46.3. The third kappa shape index (κ3) is 2.62. The zero-order chi connectivity index (χ0) is 10.9. The molecule has 0 spiro atoms. The number of aliphatic hydroxyl groups excluding tert-OH is 1. The van der Waals surface area contributed by atoms with E-state index in [1.54, 1.807) is 0 Å². The van der Waals surface area contributed by atoms with Crippen LogP contribution in [0.1, 0.15) is 33.6 Å². The summed E-state index contributed by atoms with van der Waals surface area (Å²) in [6.45, 7) is 6.23. The van der Waals surface area contributed by atoms with E-state index >= 15 is 0 Å². The lowest BCUT2D eigenvalue weighted by molar-refractivity contribution is -0.00383. The number of hydrogen-bond donors (Lipinski definition) is 2. The van der Waals surface area contributed by atoms with Crippen molar-refractivity contribution in [2.45, 2.75) is 51.1 Å². The molecule has 14 heavy (non-hydrogen) atoms. The van der Waals surface area contributed by atoms with Crippen molar-refractivity contribution in [3.8, 4) is 0 Å². The summed E-state index contributed by atoms with van der Waals surface area (Å²) >= 11 is 6.27. The van der Waals surface area contributed by atoms with E-state index in [0.29, 0.717) is 11.8 Å². The maximum Gasteiger partial charge on any atom is 0.0611 e. The van der Waals surface area contributed by atoms with Crippen molar-refractivity contribution in [1.82, 2.24) is 0 Å². The van der Waals surface area contributed by atoms with Crippen LogP contribution in [0.25, 0.3) is 0 Å². The molecule has 6 unspecified atom stereocenters. The fourth-order valence-electron chi connectivity index (χ4n) is 2.40. The predicted octanol–water partition coefficient (Wildman–Crippen LogP) is 1.98. The molecule has 1 aliphatic carbocycles. The lowest BCUT2D eigenvalue weighted by Crippen LogP contribution is -2.44. The van der Waals surface area contributed by atoms with Crippen molar-refractivity contribution in [2.24, 2.45) is 23.5 Å². The minimum Gasteiger partial charge on any atom is -0.392 e. The number of nitrogens with two attached hydrogens (primary N) is 1. The first kappa shape index (κ1) is 12.3. The molecule has 0 heterocycles. The molecule has 6 atom stereocenters. The van der Waals surface area contributed by atoms with Gasteiger partial charge >= 0.3 is 0 Å². The van der Waals surface area contributed by atoms with Gasteiger partial charge in [-0.1, -0.05) is 13.8 Å². The molecule has 0 saturated heterocycles. The van der Waals surface area contributed by atoms with Crippen molar-refractivity contribution in [1.29, 1.82) is 0 Å². The second-order valence-electron chi connectivity index (χ2n) is 4.96. The minimum atomic E-state index is -0.285. The first-order chi connectivity index (χ1) is 6.43. The summed E-state index contributed by atoms with van der Waals surface area (Å²) in [5.74, 6) is 1.02. The first-order valence-electron chi connectivity index (χ1n) is 5.51. The van der Waals surface area contributed by atoms with Gasteiger partial charge in [-0.15, -0.1) is 11.6 Å². The predicted molar refractivity (Wildman–Crippen MR) is 60.3 cm³/mol. The summed E-state index contributed by atoms with van der Waals surface area (Å²) in [4.78, 5) is 0. The molecule has 84 valence electrons. The molecule has 3 N–H and O–H groups in total. The summed E-state index contributed by atoms with van der Waals surface area (Å²) < 4.78 is 0. The summed E-state index contributed by atoms with van der Waals surface area (Å²) in [6, 6.07) is 0.122. The van der Waals surface area contributed by atoms with Gasteiger partial charge in [-0.3, -0.25) is 0 Å². The lowest BCUT2D eigenvalue weighted by Gasteiger charge is -2.41. The Hall–Kier alpha value is 0.210. The highest BCUT2D eigenvalue weighted by atomic mass is 35.5. The van der Waals surface area contributed by atoms with Crippen molar-refractivity contribution in [2.75, 3.05) is 0 Å². The second-order valence-corrected chi connectivity index (χ2v) is 5.52. The van der Waals surface area contributed by atoms with Gasteiger partial charge in [0.05, 0.1) is 6.10 Å². The van der Waals surface area contributed by atoms with Gasteiger partial charge in [0.1, 0.15) is 0 Å². The zero-order valence-electron chi connectivity index (χ0n) is 9.28.